The Morgan fingerprint density at radius 2 is 1.83 bits per heavy atom. The summed E-state index contributed by atoms with van der Waals surface area (Å²) in [5.41, 5.74) is 13.7. The molecule has 4 nitrogen and oxygen atoms in total. The fourth-order valence-corrected chi connectivity index (χ4v) is 1.96. The van der Waals surface area contributed by atoms with Crippen molar-refractivity contribution in [3.8, 4) is 0 Å². The number of methoxy groups -OCH3 is 2. The van der Waals surface area contributed by atoms with Crippen LogP contribution in [-0.4, -0.2) is 19.9 Å². The van der Waals surface area contributed by atoms with E-state index < -0.39 is 5.72 Å². The topological polar surface area (TPSA) is 70.5 Å². The minimum atomic E-state index is -0.789. The molecular formula is C14H18N2O2. The van der Waals surface area contributed by atoms with Crippen LogP contribution >= 0.6 is 0 Å². The lowest BCUT2D eigenvalue weighted by Gasteiger charge is -2.29. The Kier molecular flexibility index (Phi) is 3.41. The third-order valence-corrected chi connectivity index (χ3v) is 3.12. The smallest absolute Gasteiger partial charge is 0.142 e. The lowest BCUT2D eigenvalue weighted by Crippen LogP contribution is -2.41. The first-order chi connectivity index (χ1) is 8.58. The van der Waals surface area contributed by atoms with Gasteiger partial charge in [0.15, 0.2) is 0 Å². The highest BCUT2D eigenvalue weighted by atomic mass is 16.5. The molecule has 1 aromatic carbocycles. The third-order valence-electron chi connectivity index (χ3n) is 3.12. The van der Waals surface area contributed by atoms with Crippen LogP contribution in [0.4, 0.5) is 5.69 Å². The maximum atomic E-state index is 6.05. The van der Waals surface area contributed by atoms with Crippen molar-refractivity contribution in [3.63, 3.8) is 0 Å². The van der Waals surface area contributed by atoms with E-state index in [1.807, 2.05) is 36.4 Å². The summed E-state index contributed by atoms with van der Waals surface area (Å²) in [6, 6.07) is 7.66. The molecule has 1 aliphatic rings. The van der Waals surface area contributed by atoms with Gasteiger partial charge in [-0.3, -0.25) is 5.73 Å². The first-order valence-corrected chi connectivity index (χ1v) is 5.74. The van der Waals surface area contributed by atoms with E-state index in [1.54, 1.807) is 14.2 Å². The zero-order chi connectivity index (χ0) is 13.2. The second-order valence-corrected chi connectivity index (χ2v) is 4.33. The first kappa shape index (κ1) is 12.7. The lowest BCUT2D eigenvalue weighted by molar-refractivity contribution is 0.0258. The average Bonchev–Trinajstić information content (AvgIpc) is 2.40. The van der Waals surface area contributed by atoms with E-state index in [2.05, 4.69) is 0 Å². The van der Waals surface area contributed by atoms with Crippen LogP contribution in [0.1, 0.15) is 12.0 Å². The molecular weight excluding hydrogens is 228 g/mol. The highest BCUT2D eigenvalue weighted by Gasteiger charge is 2.28. The van der Waals surface area contributed by atoms with E-state index in [0.29, 0.717) is 6.42 Å². The summed E-state index contributed by atoms with van der Waals surface area (Å²) in [5, 5.41) is 0. The molecule has 0 spiro atoms. The average molecular weight is 246 g/mol. The van der Waals surface area contributed by atoms with Gasteiger partial charge in [0.2, 0.25) is 0 Å². The molecule has 0 saturated heterocycles. The quantitative estimate of drug-likeness (QED) is 0.631. The number of nitrogens with two attached hydrogens (primary N) is 2. The molecule has 0 heterocycles. The van der Waals surface area contributed by atoms with E-state index in [-0.39, 0.29) is 0 Å². The highest BCUT2D eigenvalue weighted by Crippen LogP contribution is 2.32. The molecule has 0 saturated carbocycles. The van der Waals surface area contributed by atoms with Gasteiger partial charge in [-0.2, -0.15) is 0 Å². The fourth-order valence-electron chi connectivity index (χ4n) is 1.96. The van der Waals surface area contributed by atoms with Gasteiger partial charge in [-0.05, 0) is 23.8 Å². The molecule has 96 valence electrons. The van der Waals surface area contributed by atoms with Gasteiger partial charge in [0.05, 0.1) is 13.5 Å². The van der Waals surface area contributed by atoms with Crippen LogP contribution in [0.5, 0.6) is 0 Å². The maximum Gasteiger partial charge on any atom is 0.142 e. The fraction of sp³-hybridized carbons (Fsp3) is 0.286. The summed E-state index contributed by atoms with van der Waals surface area (Å²) in [5.74, 6) is 0.812. The first-order valence-electron chi connectivity index (χ1n) is 5.74. The van der Waals surface area contributed by atoms with Crippen LogP contribution in [0, 0.1) is 0 Å². The van der Waals surface area contributed by atoms with Gasteiger partial charge < -0.3 is 15.2 Å². The van der Waals surface area contributed by atoms with Gasteiger partial charge in [0.1, 0.15) is 11.5 Å². The number of nitrogen functional groups attached to an aromatic ring is 1. The maximum absolute atomic E-state index is 6.05. The zero-order valence-corrected chi connectivity index (χ0v) is 10.6. The van der Waals surface area contributed by atoms with E-state index in [0.717, 1.165) is 22.6 Å². The van der Waals surface area contributed by atoms with Gasteiger partial charge in [-0.1, -0.05) is 18.2 Å². The Hall–Kier alpha value is -1.78. The predicted octanol–water partition coefficient (Wildman–Crippen LogP) is 1.89. The zero-order valence-electron chi connectivity index (χ0n) is 10.6. The van der Waals surface area contributed by atoms with Crippen molar-refractivity contribution in [2.75, 3.05) is 20.0 Å². The van der Waals surface area contributed by atoms with Crippen LogP contribution < -0.4 is 11.5 Å². The second-order valence-electron chi connectivity index (χ2n) is 4.33. The Labute approximate surface area is 107 Å². The van der Waals surface area contributed by atoms with Crippen molar-refractivity contribution in [3.05, 3.63) is 47.7 Å². The van der Waals surface area contributed by atoms with E-state index in [1.165, 1.54) is 0 Å². The summed E-state index contributed by atoms with van der Waals surface area (Å²) < 4.78 is 10.7. The predicted molar refractivity (Wildman–Crippen MR) is 72.5 cm³/mol. The molecule has 1 atom stereocenters. The van der Waals surface area contributed by atoms with Gasteiger partial charge in [-0.25, -0.2) is 0 Å². The molecule has 4 N–H and O–H groups in total. The van der Waals surface area contributed by atoms with Crippen molar-refractivity contribution >= 4 is 11.3 Å². The Bertz CT molecular complexity index is 491. The monoisotopic (exact) mass is 246 g/mol. The molecule has 2 rings (SSSR count). The Morgan fingerprint density at radius 3 is 2.39 bits per heavy atom. The van der Waals surface area contributed by atoms with Crippen molar-refractivity contribution < 1.29 is 9.47 Å². The normalized spacial score (nSPS) is 23.3. The van der Waals surface area contributed by atoms with Crippen molar-refractivity contribution in [1.29, 1.82) is 0 Å². The Morgan fingerprint density at radius 1 is 1.17 bits per heavy atom. The van der Waals surface area contributed by atoms with Crippen molar-refractivity contribution in [2.45, 2.75) is 12.1 Å². The Balaban J connectivity index is 2.38. The molecule has 0 amide bonds. The third kappa shape index (κ3) is 2.39. The number of hydrogen-bond donors (Lipinski definition) is 2. The largest absolute Gasteiger partial charge is 0.500 e. The summed E-state index contributed by atoms with van der Waals surface area (Å²) in [6.07, 6.45) is 4.29. The number of hydrogen-bond acceptors (Lipinski definition) is 4. The van der Waals surface area contributed by atoms with Gasteiger partial charge >= 0.3 is 0 Å². The molecule has 1 aliphatic carbocycles. The molecule has 0 fully saturated rings. The van der Waals surface area contributed by atoms with Crippen LogP contribution in [0.15, 0.2) is 42.2 Å². The summed E-state index contributed by atoms with van der Waals surface area (Å²) in [6.45, 7) is 0. The van der Waals surface area contributed by atoms with Crippen molar-refractivity contribution in [2.24, 2.45) is 5.73 Å². The summed E-state index contributed by atoms with van der Waals surface area (Å²) in [4.78, 5) is 0. The number of ether oxygens (including phenoxy) is 2. The van der Waals surface area contributed by atoms with E-state index in [9.17, 15) is 0 Å². The molecule has 4 heteroatoms. The molecule has 0 bridgehead atoms. The molecule has 1 unspecified atom stereocenters. The van der Waals surface area contributed by atoms with Gasteiger partial charge in [0, 0.05) is 18.4 Å². The molecule has 18 heavy (non-hydrogen) atoms. The summed E-state index contributed by atoms with van der Waals surface area (Å²) in [7, 11) is 3.23. The molecule has 0 aromatic heterocycles. The van der Waals surface area contributed by atoms with Crippen LogP contribution in [0.25, 0.3) is 5.57 Å². The SMILES string of the molecule is COC1=C(c2ccc(N)cc2)C=CC(N)(OC)C1. The number of rotatable bonds is 3. The number of benzene rings is 1. The molecule has 0 radical (unpaired) electrons. The number of allylic oxidation sites excluding steroid dienone is 2. The standard InChI is InChI=1S/C14H18N2O2/c1-17-13-9-14(16,18-2)8-7-12(13)10-3-5-11(15)6-4-10/h3-8H,9,15-16H2,1-2H3. The second kappa shape index (κ2) is 4.84. The van der Waals surface area contributed by atoms with Crippen molar-refractivity contribution in [1.82, 2.24) is 0 Å². The van der Waals surface area contributed by atoms with E-state index in [4.69, 9.17) is 20.9 Å². The van der Waals surface area contributed by atoms with E-state index >= 15 is 0 Å². The summed E-state index contributed by atoms with van der Waals surface area (Å²) >= 11 is 0. The van der Waals surface area contributed by atoms with Crippen LogP contribution in [0.2, 0.25) is 0 Å². The minimum Gasteiger partial charge on any atom is -0.500 e. The molecule has 0 aliphatic heterocycles. The number of anilines is 1. The lowest BCUT2D eigenvalue weighted by atomic mass is 9.93. The van der Waals surface area contributed by atoms with Crippen LogP contribution in [-0.2, 0) is 9.47 Å². The van der Waals surface area contributed by atoms with Gasteiger partial charge in [0.25, 0.3) is 0 Å². The minimum absolute atomic E-state index is 0.510. The molecule has 1 aromatic rings. The highest BCUT2D eigenvalue weighted by molar-refractivity contribution is 5.77. The van der Waals surface area contributed by atoms with Gasteiger partial charge in [-0.15, -0.1) is 0 Å². The van der Waals surface area contributed by atoms with Crippen LogP contribution in [0.3, 0.4) is 0 Å².